The maximum atomic E-state index is 13.6. The number of halogens is 3. The molecule has 1 aliphatic carbocycles. The molecule has 1 fully saturated rings. The molecule has 0 bridgehead atoms. The van der Waals surface area contributed by atoms with Crippen LogP contribution in [0, 0.1) is 23.2 Å². The van der Waals surface area contributed by atoms with E-state index in [-0.39, 0.29) is 5.82 Å². The minimum absolute atomic E-state index is 0.208. The van der Waals surface area contributed by atoms with Gasteiger partial charge in [0.1, 0.15) is 22.6 Å². The number of rotatable bonds is 6. The molecule has 3 rings (SSSR count). The van der Waals surface area contributed by atoms with E-state index < -0.39 is 56.3 Å². The molecule has 0 radical (unpaired) electrons. The number of pyridine rings is 1. The van der Waals surface area contributed by atoms with E-state index in [1.807, 2.05) is 6.92 Å². The summed E-state index contributed by atoms with van der Waals surface area (Å²) in [5, 5.41) is 13.0. The molecule has 9 nitrogen and oxygen atoms in total. The molecule has 2 atom stereocenters. The Hall–Kier alpha value is -3.14. The van der Waals surface area contributed by atoms with Gasteiger partial charge in [-0.3, -0.25) is 4.79 Å². The molecule has 2 aromatic rings. The van der Waals surface area contributed by atoms with Crippen molar-refractivity contribution in [2.45, 2.75) is 63.6 Å². The van der Waals surface area contributed by atoms with Crippen molar-refractivity contribution in [1.29, 1.82) is 5.26 Å². The molecule has 0 aromatic carbocycles. The van der Waals surface area contributed by atoms with Crippen LogP contribution in [-0.4, -0.2) is 35.3 Å². The highest BCUT2D eigenvalue weighted by molar-refractivity contribution is 7.87. The lowest BCUT2D eigenvalue weighted by atomic mass is 9.89. The summed E-state index contributed by atoms with van der Waals surface area (Å²) < 4.78 is 76.3. The quantitative estimate of drug-likeness (QED) is 0.545. The molecule has 1 saturated carbocycles. The van der Waals surface area contributed by atoms with Crippen LogP contribution < -0.4 is 4.74 Å². The number of nitrogens with zero attached hydrogens (tertiary/aromatic N) is 4. The first-order valence-corrected chi connectivity index (χ1v) is 12.0. The van der Waals surface area contributed by atoms with E-state index >= 15 is 0 Å². The van der Waals surface area contributed by atoms with E-state index in [0.29, 0.717) is 18.8 Å². The van der Waals surface area contributed by atoms with E-state index in [1.54, 1.807) is 0 Å². The van der Waals surface area contributed by atoms with Crippen LogP contribution in [0.15, 0.2) is 23.2 Å². The normalized spacial score (nSPS) is 19.0. The molecule has 0 aliphatic heterocycles. The second-order valence-corrected chi connectivity index (χ2v) is 9.97. The molecule has 2 heterocycles. The van der Waals surface area contributed by atoms with Gasteiger partial charge < -0.3 is 8.92 Å². The highest BCUT2D eigenvalue weighted by Gasteiger charge is 2.41. The summed E-state index contributed by atoms with van der Waals surface area (Å²) >= 11 is 0. The van der Waals surface area contributed by atoms with Crippen LogP contribution in [0.2, 0.25) is 0 Å². The summed E-state index contributed by atoms with van der Waals surface area (Å²) in [5.74, 6) is -1.98. The number of nitriles is 1. The standard InChI is InChI=1S/C21H23F3N4O5S/c1-12(2)20(29)33-34(30,31)15-7-8-17(26-11-15)28-19(32-14-6-4-5-13(3)9-14)16(10-25)18(27-28)21(22,23)24/h7-8,11-14H,4-6,9H2,1-3H3. The van der Waals surface area contributed by atoms with Crippen LogP contribution in [0.5, 0.6) is 5.88 Å². The zero-order valence-corrected chi connectivity index (χ0v) is 19.5. The first-order valence-electron chi connectivity index (χ1n) is 10.5. The van der Waals surface area contributed by atoms with Gasteiger partial charge >= 0.3 is 22.3 Å². The van der Waals surface area contributed by atoms with Crippen molar-refractivity contribution in [1.82, 2.24) is 14.8 Å². The molecule has 2 aromatic heterocycles. The van der Waals surface area contributed by atoms with Gasteiger partial charge in [0.25, 0.3) is 0 Å². The van der Waals surface area contributed by atoms with Crippen LogP contribution in [-0.2, 0) is 25.3 Å². The van der Waals surface area contributed by atoms with Gasteiger partial charge in [0.05, 0.1) is 12.1 Å². The van der Waals surface area contributed by atoms with Crippen molar-refractivity contribution in [3.63, 3.8) is 0 Å². The Morgan fingerprint density at radius 1 is 1.29 bits per heavy atom. The topological polar surface area (TPSA) is 124 Å². The van der Waals surface area contributed by atoms with Crippen molar-refractivity contribution >= 4 is 16.1 Å². The molecular formula is C21H23F3N4O5S. The first-order chi connectivity index (χ1) is 15.8. The summed E-state index contributed by atoms with van der Waals surface area (Å²) in [7, 11) is -4.48. The number of aromatic nitrogens is 3. The average Bonchev–Trinajstić information content (AvgIpc) is 3.12. The Morgan fingerprint density at radius 3 is 2.53 bits per heavy atom. The van der Waals surface area contributed by atoms with E-state index in [1.165, 1.54) is 19.9 Å². The fraction of sp³-hybridized carbons (Fsp3) is 0.524. The smallest absolute Gasteiger partial charge is 0.436 e. The Labute approximate surface area is 194 Å². The van der Waals surface area contributed by atoms with Gasteiger partial charge in [-0.05, 0) is 37.3 Å². The first kappa shape index (κ1) is 25.5. The van der Waals surface area contributed by atoms with Gasteiger partial charge in [-0.15, -0.1) is 0 Å². The third kappa shape index (κ3) is 5.49. The summed E-state index contributed by atoms with van der Waals surface area (Å²) in [5.41, 5.74) is -2.21. The van der Waals surface area contributed by atoms with Crippen LogP contribution in [0.25, 0.3) is 5.82 Å². The Bertz CT molecular complexity index is 1200. The van der Waals surface area contributed by atoms with Crippen molar-refractivity contribution in [2.24, 2.45) is 11.8 Å². The summed E-state index contributed by atoms with van der Waals surface area (Å²) in [6, 6.07) is 3.62. The fourth-order valence-corrected chi connectivity index (χ4v) is 4.43. The average molecular weight is 500 g/mol. The van der Waals surface area contributed by atoms with Gasteiger partial charge in [-0.2, -0.15) is 36.6 Å². The second-order valence-electron chi connectivity index (χ2n) is 8.43. The minimum Gasteiger partial charge on any atom is -0.473 e. The van der Waals surface area contributed by atoms with Gasteiger partial charge in [-0.25, -0.2) is 4.98 Å². The Morgan fingerprint density at radius 2 is 2.00 bits per heavy atom. The SMILES string of the molecule is CC1CCCC(Oc2c(C#N)c(C(F)(F)F)nn2-c2ccc(S(=O)(=O)OC(=O)C(C)C)cn2)C1. The third-order valence-corrected chi connectivity index (χ3v) is 6.48. The molecule has 184 valence electrons. The van der Waals surface area contributed by atoms with Crippen molar-refractivity contribution in [3.8, 4) is 17.8 Å². The Kier molecular flexibility index (Phi) is 7.21. The van der Waals surface area contributed by atoms with Gasteiger partial charge in [0, 0.05) is 0 Å². The predicted molar refractivity (Wildman–Crippen MR) is 111 cm³/mol. The lowest BCUT2D eigenvalue weighted by Gasteiger charge is -2.27. The number of carbonyl (C=O) groups excluding carboxylic acids is 1. The molecular weight excluding hydrogens is 477 g/mol. The van der Waals surface area contributed by atoms with E-state index in [2.05, 4.69) is 14.3 Å². The van der Waals surface area contributed by atoms with Crippen LogP contribution in [0.3, 0.4) is 0 Å². The second kappa shape index (κ2) is 9.61. The maximum absolute atomic E-state index is 13.6. The molecule has 1 aliphatic rings. The van der Waals surface area contributed by atoms with E-state index in [4.69, 9.17) is 4.74 Å². The lowest BCUT2D eigenvalue weighted by Crippen LogP contribution is -2.25. The van der Waals surface area contributed by atoms with Crippen molar-refractivity contribution in [3.05, 3.63) is 29.6 Å². The largest absolute Gasteiger partial charge is 0.473 e. The number of hydrogen-bond donors (Lipinski definition) is 0. The van der Waals surface area contributed by atoms with Crippen LogP contribution in [0.4, 0.5) is 13.2 Å². The lowest BCUT2D eigenvalue weighted by molar-refractivity contribution is -0.141. The van der Waals surface area contributed by atoms with Crippen molar-refractivity contribution < 1.29 is 35.3 Å². The maximum Gasteiger partial charge on any atom is 0.436 e. The summed E-state index contributed by atoms with van der Waals surface area (Å²) in [6.45, 7) is 4.92. The molecule has 0 saturated heterocycles. The molecule has 13 heteroatoms. The number of alkyl halides is 3. The van der Waals surface area contributed by atoms with Gasteiger partial charge in [0.2, 0.25) is 5.88 Å². The van der Waals surface area contributed by atoms with Gasteiger partial charge in [0.15, 0.2) is 11.5 Å². The zero-order chi connectivity index (χ0) is 25.3. The van der Waals surface area contributed by atoms with Crippen molar-refractivity contribution in [2.75, 3.05) is 0 Å². The van der Waals surface area contributed by atoms with Crippen LogP contribution in [0.1, 0.15) is 57.7 Å². The number of carbonyl (C=O) groups is 1. The summed E-state index contributed by atoms with van der Waals surface area (Å²) in [4.78, 5) is 15.1. The van der Waals surface area contributed by atoms with Gasteiger partial charge in [-0.1, -0.05) is 27.2 Å². The van der Waals surface area contributed by atoms with E-state index in [0.717, 1.165) is 35.9 Å². The number of hydrogen-bond acceptors (Lipinski definition) is 8. The molecule has 0 amide bonds. The van der Waals surface area contributed by atoms with E-state index in [9.17, 15) is 31.6 Å². The highest BCUT2D eigenvalue weighted by atomic mass is 32.2. The number of ether oxygens (including phenoxy) is 1. The van der Waals surface area contributed by atoms with Crippen LogP contribution >= 0.6 is 0 Å². The Balaban J connectivity index is 2.02. The molecule has 0 N–H and O–H groups in total. The monoisotopic (exact) mass is 500 g/mol. The molecule has 34 heavy (non-hydrogen) atoms. The molecule has 0 spiro atoms. The predicted octanol–water partition coefficient (Wildman–Crippen LogP) is 4.00. The zero-order valence-electron chi connectivity index (χ0n) is 18.7. The third-order valence-electron chi connectivity index (χ3n) is 5.28. The fourth-order valence-electron chi connectivity index (χ4n) is 3.51. The summed E-state index contributed by atoms with van der Waals surface area (Å²) in [6.07, 6.45) is -1.52. The highest BCUT2D eigenvalue weighted by Crippen LogP contribution is 2.38. The molecule has 2 unspecified atom stereocenters. The minimum atomic E-state index is -4.93.